The highest BCUT2D eigenvalue weighted by Crippen LogP contribution is 2.34. The fourth-order valence-corrected chi connectivity index (χ4v) is 2.81. The van der Waals surface area contributed by atoms with Crippen molar-refractivity contribution < 1.29 is 9.13 Å². The average molecular weight is 263 g/mol. The summed E-state index contributed by atoms with van der Waals surface area (Å²) in [7, 11) is 0. The van der Waals surface area contributed by atoms with Crippen LogP contribution in [-0.2, 0) is 4.74 Å². The Morgan fingerprint density at radius 1 is 1.32 bits per heavy atom. The lowest BCUT2D eigenvalue weighted by atomic mass is 9.89. The van der Waals surface area contributed by atoms with Crippen LogP contribution in [0.4, 0.5) is 4.39 Å². The molecule has 1 aliphatic carbocycles. The van der Waals surface area contributed by atoms with Crippen LogP contribution < -0.4 is 5.32 Å². The van der Waals surface area contributed by atoms with Gasteiger partial charge in [0, 0.05) is 25.1 Å². The Kier molecular flexibility index (Phi) is 3.85. The standard InChI is InChI=1S/C16H22FNO/c1-11-4-5-12(9-15(11)17)16-13(3-2-8-19-16)10-18-14-6-7-14/h4-5,9,13-14,16,18H,2-3,6-8,10H2,1H3. The molecule has 2 atom stereocenters. The Labute approximate surface area is 114 Å². The van der Waals surface area contributed by atoms with Crippen molar-refractivity contribution in [3.8, 4) is 0 Å². The summed E-state index contributed by atoms with van der Waals surface area (Å²) in [6.07, 6.45) is 4.94. The van der Waals surface area contributed by atoms with E-state index in [1.54, 1.807) is 13.0 Å². The monoisotopic (exact) mass is 263 g/mol. The van der Waals surface area contributed by atoms with E-state index in [4.69, 9.17) is 4.74 Å². The molecule has 1 N–H and O–H groups in total. The molecule has 0 spiro atoms. The second kappa shape index (κ2) is 5.59. The van der Waals surface area contributed by atoms with E-state index in [1.165, 1.54) is 19.3 Å². The molecule has 0 aromatic heterocycles. The van der Waals surface area contributed by atoms with Crippen molar-refractivity contribution in [1.82, 2.24) is 5.32 Å². The first-order valence-corrected chi connectivity index (χ1v) is 7.35. The number of nitrogens with one attached hydrogen (secondary N) is 1. The molecule has 2 nitrogen and oxygen atoms in total. The van der Waals surface area contributed by atoms with Crippen molar-refractivity contribution in [3.05, 3.63) is 35.1 Å². The van der Waals surface area contributed by atoms with E-state index in [2.05, 4.69) is 5.32 Å². The molecule has 1 aliphatic heterocycles. The molecule has 2 fully saturated rings. The van der Waals surface area contributed by atoms with Gasteiger partial charge in [0.1, 0.15) is 5.82 Å². The smallest absolute Gasteiger partial charge is 0.126 e. The van der Waals surface area contributed by atoms with Gasteiger partial charge < -0.3 is 10.1 Å². The lowest BCUT2D eigenvalue weighted by molar-refractivity contribution is -0.0280. The van der Waals surface area contributed by atoms with Crippen LogP contribution in [0.3, 0.4) is 0 Å². The van der Waals surface area contributed by atoms with E-state index >= 15 is 0 Å². The number of hydrogen-bond acceptors (Lipinski definition) is 2. The highest BCUT2D eigenvalue weighted by atomic mass is 19.1. The topological polar surface area (TPSA) is 21.3 Å². The number of halogens is 1. The summed E-state index contributed by atoms with van der Waals surface area (Å²) < 4.78 is 19.6. The Morgan fingerprint density at radius 3 is 2.89 bits per heavy atom. The van der Waals surface area contributed by atoms with Crippen molar-refractivity contribution in [2.24, 2.45) is 5.92 Å². The van der Waals surface area contributed by atoms with Crippen LogP contribution in [0.2, 0.25) is 0 Å². The highest BCUT2D eigenvalue weighted by Gasteiger charge is 2.30. The van der Waals surface area contributed by atoms with Gasteiger partial charge in [0.15, 0.2) is 0 Å². The zero-order valence-electron chi connectivity index (χ0n) is 11.5. The summed E-state index contributed by atoms with van der Waals surface area (Å²) in [6.45, 7) is 3.58. The van der Waals surface area contributed by atoms with Crippen molar-refractivity contribution in [3.63, 3.8) is 0 Å². The highest BCUT2D eigenvalue weighted by molar-refractivity contribution is 5.25. The fraction of sp³-hybridized carbons (Fsp3) is 0.625. The molecule has 104 valence electrons. The largest absolute Gasteiger partial charge is 0.373 e. The van der Waals surface area contributed by atoms with Crippen LogP contribution in [-0.4, -0.2) is 19.2 Å². The fourth-order valence-electron chi connectivity index (χ4n) is 2.81. The van der Waals surface area contributed by atoms with Gasteiger partial charge in [0.05, 0.1) is 6.10 Å². The number of aryl methyl sites for hydroxylation is 1. The number of rotatable bonds is 4. The third-order valence-corrected chi connectivity index (χ3v) is 4.22. The Morgan fingerprint density at radius 2 is 2.16 bits per heavy atom. The average Bonchev–Trinajstić information content (AvgIpc) is 3.24. The summed E-state index contributed by atoms with van der Waals surface area (Å²) in [5, 5.41) is 3.58. The predicted octanol–water partition coefficient (Wildman–Crippen LogP) is 3.35. The van der Waals surface area contributed by atoms with E-state index in [0.717, 1.165) is 31.2 Å². The number of benzene rings is 1. The van der Waals surface area contributed by atoms with Gasteiger partial charge in [-0.3, -0.25) is 0 Å². The molecule has 0 amide bonds. The van der Waals surface area contributed by atoms with E-state index < -0.39 is 0 Å². The SMILES string of the molecule is Cc1ccc(C2OCCCC2CNC2CC2)cc1F. The predicted molar refractivity (Wildman–Crippen MR) is 73.6 cm³/mol. The molecule has 1 aromatic carbocycles. The summed E-state index contributed by atoms with van der Waals surface area (Å²) >= 11 is 0. The first-order valence-electron chi connectivity index (χ1n) is 7.35. The normalized spacial score (nSPS) is 27.5. The Hall–Kier alpha value is -0.930. The number of hydrogen-bond donors (Lipinski definition) is 1. The molecular formula is C16H22FNO. The number of ether oxygens (including phenoxy) is 1. The zero-order chi connectivity index (χ0) is 13.2. The maximum absolute atomic E-state index is 13.7. The summed E-state index contributed by atoms with van der Waals surface area (Å²) in [6, 6.07) is 6.24. The third kappa shape index (κ3) is 3.15. The lowest BCUT2D eigenvalue weighted by Crippen LogP contribution is -2.33. The van der Waals surface area contributed by atoms with Crippen molar-refractivity contribution in [2.75, 3.05) is 13.2 Å². The first-order chi connectivity index (χ1) is 9.24. The maximum Gasteiger partial charge on any atom is 0.126 e. The van der Waals surface area contributed by atoms with E-state index in [-0.39, 0.29) is 11.9 Å². The molecule has 3 heteroatoms. The van der Waals surface area contributed by atoms with Gasteiger partial charge in [0.25, 0.3) is 0 Å². The minimum Gasteiger partial charge on any atom is -0.373 e. The van der Waals surface area contributed by atoms with Gasteiger partial charge in [-0.05, 0) is 49.8 Å². The molecule has 1 saturated carbocycles. The maximum atomic E-state index is 13.7. The molecular weight excluding hydrogens is 241 g/mol. The molecule has 2 aliphatic rings. The molecule has 19 heavy (non-hydrogen) atoms. The van der Waals surface area contributed by atoms with Crippen LogP contribution in [0.15, 0.2) is 18.2 Å². The molecule has 2 unspecified atom stereocenters. The summed E-state index contributed by atoms with van der Waals surface area (Å²) in [4.78, 5) is 0. The molecule has 1 heterocycles. The van der Waals surface area contributed by atoms with Gasteiger partial charge in [-0.25, -0.2) is 4.39 Å². The minimum atomic E-state index is -0.124. The van der Waals surface area contributed by atoms with Crippen molar-refractivity contribution in [2.45, 2.75) is 44.8 Å². The van der Waals surface area contributed by atoms with Crippen molar-refractivity contribution >= 4 is 0 Å². The zero-order valence-corrected chi connectivity index (χ0v) is 11.5. The van der Waals surface area contributed by atoms with E-state index in [1.807, 2.05) is 12.1 Å². The van der Waals surface area contributed by atoms with Crippen LogP contribution in [0.25, 0.3) is 0 Å². The van der Waals surface area contributed by atoms with Gasteiger partial charge >= 0.3 is 0 Å². The van der Waals surface area contributed by atoms with Gasteiger partial charge in [-0.15, -0.1) is 0 Å². The van der Waals surface area contributed by atoms with Crippen molar-refractivity contribution in [1.29, 1.82) is 0 Å². The Balaban J connectivity index is 1.72. The molecule has 1 aromatic rings. The van der Waals surface area contributed by atoms with Gasteiger partial charge in [0.2, 0.25) is 0 Å². The minimum absolute atomic E-state index is 0.0510. The molecule has 0 bridgehead atoms. The second-order valence-corrected chi connectivity index (χ2v) is 5.88. The molecule has 1 saturated heterocycles. The second-order valence-electron chi connectivity index (χ2n) is 5.88. The lowest BCUT2D eigenvalue weighted by Gasteiger charge is -2.32. The van der Waals surface area contributed by atoms with Crippen LogP contribution in [0, 0.1) is 18.7 Å². The van der Waals surface area contributed by atoms with E-state index in [9.17, 15) is 4.39 Å². The summed E-state index contributed by atoms with van der Waals surface area (Å²) in [5.41, 5.74) is 1.69. The quantitative estimate of drug-likeness (QED) is 0.899. The van der Waals surface area contributed by atoms with Gasteiger partial charge in [-0.1, -0.05) is 12.1 Å². The van der Waals surface area contributed by atoms with E-state index in [0.29, 0.717) is 11.5 Å². The van der Waals surface area contributed by atoms with Gasteiger partial charge in [-0.2, -0.15) is 0 Å². The third-order valence-electron chi connectivity index (χ3n) is 4.22. The van der Waals surface area contributed by atoms with Crippen LogP contribution in [0.1, 0.15) is 42.9 Å². The first kappa shape index (κ1) is 13.1. The molecule has 0 radical (unpaired) electrons. The molecule has 3 rings (SSSR count). The van der Waals surface area contributed by atoms with Crippen LogP contribution in [0.5, 0.6) is 0 Å². The summed E-state index contributed by atoms with van der Waals surface area (Å²) in [5.74, 6) is 0.344. The van der Waals surface area contributed by atoms with Crippen LogP contribution >= 0.6 is 0 Å². The Bertz CT molecular complexity index is 444.